The first-order valence-corrected chi connectivity index (χ1v) is 8.22. The lowest BCUT2D eigenvalue weighted by molar-refractivity contribution is -0.155. The number of carbonyl (C=O) groups excluding carboxylic acids is 2. The van der Waals surface area contributed by atoms with E-state index in [1.54, 1.807) is 6.92 Å². The lowest BCUT2D eigenvalue weighted by atomic mass is 9.87. The van der Waals surface area contributed by atoms with Crippen LogP contribution in [0.15, 0.2) is 24.3 Å². The van der Waals surface area contributed by atoms with Crippen LogP contribution in [0.5, 0.6) is 0 Å². The van der Waals surface area contributed by atoms with E-state index in [-0.39, 0.29) is 17.8 Å². The lowest BCUT2D eigenvalue weighted by Crippen LogP contribution is -2.44. The van der Waals surface area contributed by atoms with Gasteiger partial charge >= 0.3 is 12.0 Å². The van der Waals surface area contributed by atoms with Crippen molar-refractivity contribution in [1.82, 2.24) is 0 Å². The average Bonchev–Trinajstić information content (AvgIpc) is 2.35. The first-order valence-electron chi connectivity index (χ1n) is 8.22. The second-order valence-corrected chi connectivity index (χ2v) is 8.14. The molecule has 0 unspecified atom stereocenters. The van der Waals surface area contributed by atoms with Crippen LogP contribution in [0.1, 0.15) is 60.5 Å². The number of anilines is 1. The molecule has 2 N–H and O–H groups in total. The molecule has 5 heteroatoms. The molecule has 0 radical (unpaired) electrons. The maximum atomic E-state index is 12.0. The minimum atomic E-state index is -0.588. The zero-order valence-electron chi connectivity index (χ0n) is 15.8. The van der Waals surface area contributed by atoms with Crippen LogP contribution in [0.3, 0.4) is 0 Å². The highest BCUT2D eigenvalue weighted by Crippen LogP contribution is 2.26. The van der Waals surface area contributed by atoms with Crippen LogP contribution >= 0.6 is 0 Å². The molecule has 1 atom stereocenters. The third-order valence-corrected chi connectivity index (χ3v) is 3.57. The molecule has 0 bridgehead atoms. The molecule has 2 amide bonds. The van der Waals surface area contributed by atoms with Crippen molar-refractivity contribution in [2.45, 2.75) is 71.9 Å². The van der Waals surface area contributed by atoms with Gasteiger partial charge in [0.15, 0.2) is 0 Å². The number of urea groups is 1. The van der Waals surface area contributed by atoms with Crippen molar-refractivity contribution in [2.24, 2.45) is 5.73 Å². The average molecular weight is 334 g/mol. The summed E-state index contributed by atoms with van der Waals surface area (Å²) >= 11 is 0. The number of hydrogen-bond donors (Lipinski definition) is 1. The van der Waals surface area contributed by atoms with Gasteiger partial charge in [-0.1, -0.05) is 32.9 Å². The Morgan fingerprint density at radius 2 is 1.58 bits per heavy atom. The maximum absolute atomic E-state index is 12.0. The predicted molar refractivity (Wildman–Crippen MR) is 97.1 cm³/mol. The molecule has 0 aliphatic rings. The Bertz CT molecular complexity index is 580. The van der Waals surface area contributed by atoms with Gasteiger partial charge in [0.25, 0.3) is 0 Å². The molecular formula is C19H30N2O3. The van der Waals surface area contributed by atoms with Crippen LogP contribution in [0.2, 0.25) is 0 Å². The number of amides is 2. The summed E-state index contributed by atoms with van der Waals surface area (Å²) in [5.74, 6) is -0.354. The SMILES string of the molecule is C[C@@H](CC(=O)OC(C)(C)C)N(C(N)=O)c1ccc(C(C)(C)C)cc1. The van der Waals surface area contributed by atoms with Crippen molar-refractivity contribution in [3.8, 4) is 0 Å². The van der Waals surface area contributed by atoms with Crippen LogP contribution in [0, 0.1) is 0 Å². The molecule has 1 aromatic rings. The summed E-state index contributed by atoms with van der Waals surface area (Å²) in [7, 11) is 0. The number of carbonyl (C=O) groups is 2. The molecule has 0 saturated heterocycles. The van der Waals surface area contributed by atoms with Crippen LogP contribution in [0.25, 0.3) is 0 Å². The molecule has 1 aromatic carbocycles. The normalized spacial score (nSPS) is 13.3. The fraction of sp³-hybridized carbons (Fsp3) is 0.579. The monoisotopic (exact) mass is 334 g/mol. The maximum Gasteiger partial charge on any atom is 0.319 e. The highest BCUT2D eigenvalue weighted by molar-refractivity contribution is 5.92. The third-order valence-electron chi connectivity index (χ3n) is 3.57. The van der Waals surface area contributed by atoms with E-state index in [0.717, 1.165) is 5.56 Å². The molecule has 0 aliphatic heterocycles. The molecular weight excluding hydrogens is 304 g/mol. The fourth-order valence-corrected chi connectivity index (χ4v) is 2.44. The largest absolute Gasteiger partial charge is 0.460 e. The van der Waals surface area contributed by atoms with Gasteiger partial charge in [0.2, 0.25) is 0 Å². The molecule has 5 nitrogen and oxygen atoms in total. The zero-order valence-corrected chi connectivity index (χ0v) is 15.8. The van der Waals surface area contributed by atoms with Gasteiger partial charge in [0.1, 0.15) is 5.60 Å². The van der Waals surface area contributed by atoms with Gasteiger partial charge in [-0.05, 0) is 50.8 Å². The van der Waals surface area contributed by atoms with Gasteiger partial charge in [-0.2, -0.15) is 0 Å². The number of nitrogens with zero attached hydrogens (tertiary/aromatic N) is 1. The van der Waals surface area contributed by atoms with E-state index in [9.17, 15) is 9.59 Å². The summed E-state index contributed by atoms with van der Waals surface area (Å²) in [5, 5.41) is 0. The highest BCUT2D eigenvalue weighted by Gasteiger charge is 2.25. The first-order chi connectivity index (χ1) is 10.8. The number of hydrogen-bond acceptors (Lipinski definition) is 3. The van der Waals surface area contributed by atoms with Crippen molar-refractivity contribution in [3.63, 3.8) is 0 Å². The first kappa shape index (κ1) is 20.0. The standard InChI is InChI=1S/C19H30N2O3/c1-13(12-16(22)24-19(5,6)7)21(17(20)23)15-10-8-14(9-11-15)18(2,3)4/h8-11,13H,12H2,1-7H3,(H2,20,23)/t13-/m0/s1. The molecule has 24 heavy (non-hydrogen) atoms. The highest BCUT2D eigenvalue weighted by atomic mass is 16.6. The summed E-state index contributed by atoms with van der Waals surface area (Å²) in [6.45, 7) is 13.6. The Kier molecular flexibility index (Phi) is 6.04. The van der Waals surface area contributed by atoms with Crippen molar-refractivity contribution < 1.29 is 14.3 Å². The number of nitrogens with two attached hydrogens (primary N) is 1. The Hall–Kier alpha value is -2.04. The van der Waals surface area contributed by atoms with Gasteiger partial charge in [0, 0.05) is 11.7 Å². The van der Waals surface area contributed by atoms with Gasteiger partial charge < -0.3 is 10.5 Å². The van der Waals surface area contributed by atoms with Gasteiger partial charge in [0.05, 0.1) is 6.42 Å². The van der Waals surface area contributed by atoms with Crippen molar-refractivity contribution in [1.29, 1.82) is 0 Å². The van der Waals surface area contributed by atoms with Crippen LogP contribution < -0.4 is 10.6 Å². The summed E-state index contributed by atoms with van der Waals surface area (Å²) < 4.78 is 5.32. The summed E-state index contributed by atoms with van der Waals surface area (Å²) in [5.41, 5.74) is 6.84. The van der Waals surface area contributed by atoms with Crippen LogP contribution in [0.4, 0.5) is 10.5 Å². The number of rotatable bonds is 4. The predicted octanol–water partition coefficient (Wildman–Crippen LogP) is 3.99. The van der Waals surface area contributed by atoms with Gasteiger partial charge in [-0.15, -0.1) is 0 Å². The second kappa shape index (κ2) is 7.24. The van der Waals surface area contributed by atoms with Crippen LogP contribution in [-0.4, -0.2) is 23.6 Å². The Labute approximate surface area is 145 Å². The third kappa shape index (κ3) is 5.87. The lowest BCUT2D eigenvalue weighted by Gasteiger charge is -2.29. The smallest absolute Gasteiger partial charge is 0.319 e. The molecule has 0 fully saturated rings. The molecule has 1 rings (SSSR count). The van der Waals surface area contributed by atoms with E-state index >= 15 is 0 Å². The number of primary amides is 1. The van der Waals surface area contributed by atoms with E-state index in [0.29, 0.717) is 5.69 Å². The second-order valence-electron chi connectivity index (χ2n) is 8.14. The van der Waals surface area contributed by atoms with E-state index in [1.807, 2.05) is 45.0 Å². The Balaban J connectivity index is 2.94. The molecule has 134 valence electrons. The fourth-order valence-electron chi connectivity index (χ4n) is 2.44. The number of esters is 1. The Morgan fingerprint density at radius 3 is 1.96 bits per heavy atom. The number of ether oxygens (including phenoxy) is 1. The zero-order chi connectivity index (χ0) is 18.7. The quantitative estimate of drug-likeness (QED) is 0.846. The molecule has 0 aliphatic carbocycles. The molecule has 0 saturated carbocycles. The van der Waals surface area contributed by atoms with Crippen molar-refractivity contribution in [3.05, 3.63) is 29.8 Å². The number of benzene rings is 1. The summed E-state index contributed by atoms with van der Waals surface area (Å²) in [6.07, 6.45) is 0.0846. The molecule has 0 heterocycles. The van der Waals surface area contributed by atoms with E-state index < -0.39 is 17.7 Å². The minimum absolute atomic E-state index is 0.0260. The minimum Gasteiger partial charge on any atom is -0.460 e. The summed E-state index contributed by atoms with van der Waals surface area (Å²) in [4.78, 5) is 25.3. The van der Waals surface area contributed by atoms with Crippen molar-refractivity contribution in [2.75, 3.05) is 4.90 Å². The topological polar surface area (TPSA) is 72.6 Å². The van der Waals surface area contributed by atoms with E-state index in [4.69, 9.17) is 10.5 Å². The van der Waals surface area contributed by atoms with Crippen LogP contribution in [-0.2, 0) is 14.9 Å². The van der Waals surface area contributed by atoms with E-state index in [2.05, 4.69) is 20.8 Å². The summed E-state index contributed by atoms with van der Waals surface area (Å²) in [6, 6.07) is 6.69. The van der Waals surface area contributed by atoms with Crippen molar-refractivity contribution >= 4 is 17.7 Å². The van der Waals surface area contributed by atoms with E-state index in [1.165, 1.54) is 4.90 Å². The van der Waals surface area contributed by atoms with Gasteiger partial charge in [-0.25, -0.2) is 4.79 Å². The van der Waals surface area contributed by atoms with Gasteiger partial charge in [-0.3, -0.25) is 9.69 Å². The molecule has 0 aromatic heterocycles. The Morgan fingerprint density at radius 1 is 1.08 bits per heavy atom. The molecule has 0 spiro atoms.